The Bertz CT molecular complexity index is 236. The molecule has 0 saturated heterocycles. The summed E-state index contributed by atoms with van der Waals surface area (Å²) in [6.45, 7) is 8.44. The molecule has 5 heteroatoms. The number of aliphatic imine (C=N–C) groups is 1. The molecule has 106 valence electrons. The fraction of sp³-hybridized carbons (Fsp3) is 0.923. The van der Waals surface area contributed by atoms with Crippen LogP contribution in [0.25, 0.3) is 0 Å². The molecule has 5 nitrogen and oxygen atoms in total. The highest BCUT2D eigenvalue weighted by molar-refractivity contribution is 5.79. The summed E-state index contributed by atoms with van der Waals surface area (Å²) in [7, 11) is 0. The van der Waals surface area contributed by atoms with E-state index in [2.05, 4.69) is 34.5 Å². The minimum atomic E-state index is 0.553. The lowest BCUT2D eigenvalue weighted by Crippen LogP contribution is -2.46. The number of nitrogens with one attached hydrogen (secondary N) is 2. The smallest absolute Gasteiger partial charge is 0.205 e. The van der Waals surface area contributed by atoms with Crippen molar-refractivity contribution >= 4 is 5.96 Å². The quantitative estimate of drug-likeness (QED) is 0.275. The lowest BCUT2D eigenvalue weighted by Gasteiger charge is -2.19. The molecule has 0 heterocycles. The number of guanidine groups is 1. The van der Waals surface area contributed by atoms with Gasteiger partial charge >= 0.3 is 0 Å². The average Bonchev–Trinajstić information content (AvgIpc) is 2.89. The summed E-state index contributed by atoms with van der Waals surface area (Å²) >= 11 is 0. The van der Waals surface area contributed by atoms with Gasteiger partial charge in [0.25, 0.3) is 0 Å². The van der Waals surface area contributed by atoms with Gasteiger partial charge in [-0.25, -0.2) is 5.84 Å². The summed E-state index contributed by atoms with van der Waals surface area (Å²) in [6, 6.07) is 0.553. The fourth-order valence-corrected chi connectivity index (χ4v) is 2.44. The third-order valence-electron chi connectivity index (χ3n) is 3.51. The third-order valence-corrected chi connectivity index (χ3v) is 3.51. The van der Waals surface area contributed by atoms with Gasteiger partial charge in [0.15, 0.2) is 0 Å². The Kier molecular flexibility index (Phi) is 7.76. The Balaban J connectivity index is 2.27. The maximum Gasteiger partial charge on any atom is 0.205 e. The van der Waals surface area contributed by atoms with Crippen molar-refractivity contribution in [2.75, 3.05) is 26.2 Å². The highest BCUT2D eigenvalue weighted by Gasteiger charge is 2.15. The van der Waals surface area contributed by atoms with E-state index in [1.165, 1.54) is 32.1 Å². The normalized spacial score (nSPS) is 17.4. The first-order valence-electron chi connectivity index (χ1n) is 7.30. The molecule has 0 bridgehead atoms. The van der Waals surface area contributed by atoms with Crippen molar-refractivity contribution in [1.82, 2.24) is 15.6 Å². The zero-order valence-corrected chi connectivity index (χ0v) is 11.9. The first-order chi connectivity index (χ1) is 8.80. The number of likely N-dealkylation sites (N-methyl/N-ethyl adjacent to an activating group) is 1. The second-order valence-corrected chi connectivity index (χ2v) is 4.93. The van der Waals surface area contributed by atoms with Crippen LogP contribution in [0.15, 0.2) is 4.99 Å². The van der Waals surface area contributed by atoms with Gasteiger partial charge in [-0.15, -0.1) is 0 Å². The second kappa shape index (κ2) is 9.16. The van der Waals surface area contributed by atoms with Crippen LogP contribution in [-0.4, -0.2) is 43.1 Å². The summed E-state index contributed by atoms with van der Waals surface area (Å²) in [5, 5.41) is 3.38. The molecule has 0 atom stereocenters. The maximum absolute atomic E-state index is 5.50. The summed E-state index contributed by atoms with van der Waals surface area (Å²) in [4.78, 5) is 6.91. The molecule has 1 fully saturated rings. The van der Waals surface area contributed by atoms with Crippen LogP contribution < -0.4 is 16.6 Å². The van der Waals surface area contributed by atoms with Crippen LogP contribution in [0.4, 0.5) is 0 Å². The van der Waals surface area contributed by atoms with E-state index in [9.17, 15) is 0 Å². The van der Waals surface area contributed by atoms with Crippen LogP contribution in [0, 0.1) is 0 Å². The van der Waals surface area contributed by atoms with Gasteiger partial charge in [-0.3, -0.25) is 10.4 Å². The van der Waals surface area contributed by atoms with E-state index in [0.29, 0.717) is 6.04 Å². The average molecular weight is 255 g/mol. The minimum Gasteiger partial charge on any atom is -0.353 e. The lowest BCUT2D eigenvalue weighted by molar-refractivity contribution is 0.297. The fourth-order valence-electron chi connectivity index (χ4n) is 2.44. The number of nitrogens with zero attached hydrogens (tertiary/aromatic N) is 2. The van der Waals surface area contributed by atoms with Crippen molar-refractivity contribution in [1.29, 1.82) is 0 Å². The topological polar surface area (TPSA) is 65.7 Å². The molecule has 1 aliphatic rings. The van der Waals surface area contributed by atoms with E-state index in [1.807, 2.05) is 0 Å². The SMILES string of the molecule is CCCN(CC)CCN=C(NN)NC1CCCC1. The molecule has 1 rings (SSSR count). The van der Waals surface area contributed by atoms with Crippen LogP contribution in [0.1, 0.15) is 46.0 Å². The van der Waals surface area contributed by atoms with Crippen molar-refractivity contribution in [2.24, 2.45) is 10.8 Å². The Hall–Kier alpha value is -0.810. The predicted molar refractivity (Wildman–Crippen MR) is 77.4 cm³/mol. The molecule has 0 amide bonds. The van der Waals surface area contributed by atoms with E-state index < -0.39 is 0 Å². The van der Waals surface area contributed by atoms with Crippen molar-refractivity contribution in [3.05, 3.63) is 0 Å². The van der Waals surface area contributed by atoms with E-state index in [0.717, 1.165) is 32.1 Å². The number of nitrogens with two attached hydrogens (primary N) is 1. The van der Waals surface area contributed by atoms with Crippen LogP contribution in [0.2, 0.25) is 0 Å². The van der Waals surface area contributed by atoms with Crippen LogP contribution in [0.5, 0.6) is 0 Å². The molecule has 18 heavy (non-hydrogen) atoms. The first kappa shape index (κ1) is 15.2. The van der Waals surface area contributed by atoms with Crippen LogP contribution in [-0.2, 0) is 0 Å². The van der Waals surface area contributed by atoms with Gasteiger partial charge in [-0.2, -0.15) is 0 Å². The number of hydrazine groups is 1. The monoisotopic (exact) mass is 255 g/mol. The summed E-state index contributed by atoms with van der Waals surface area (Å²) in [6.07, 6.45) is 6.29. The molecule has 0 aromatic carbocycles. The van der Waals surface area contributed by atoms with Crippen molar-refractivity contribution in [2.45, 2.75) is 52.0 Å². The van der Waals surface area contributed by atoms with Gasteiger partial charge < -0.3 is 10.2 Å². The molecule has 0 aliphatic heterocycles. The van der Waals surface area contributed by atoms with Gasteiger partial charge in [-0.1, -0.05) is 26.7 Å². The van der Waals surface area contributed by atoms with Gasteiger partial charge in [0.2, 0.25) is 5.96 Å². The van der Waals surface area contributed by atoms with Gasteiger partial charge in [-0.05, 0) is 32.4 Å². The molecule has 1 aliphatic carbocycles. The van der Waals surface area contributed by atoms with Crippen molar-refractivity contribution < 1.29 is 0 Å². The van der Waals surface area contributed by atoms with Gasteiger partial charge in [0.05, 0.1) is 6.54 Å². The largest absolute Gasteiger partial charge is 0.353 e. The Morgan fingerprint density at radius 3 is 2.56 bits per heavy atom. The third kappa shape index (κ3) is 5.69. The van der Waals surface area contributed by atoms with E-state index in [1.54, 1.807) is 0 Å². The second-order valence-electron chi connectivity index (χ2n) is 4.93. The lowest BCUT2D eigenvalue weighted by atomic mass is 10.2. The highest BCUT2D eigenvalue weighted by atomic mass is 15.3. The predicted octanol–water partition coefficient (Wildman–Crippen LogP) is 1.07. The molecule has 1 saturated carbocycles. The van der Waals surface area contributed by atoms with Gasteiger partial charge in [0.1, 0.15) is 0 Å². The molecule has 0 aromatic heterocycles. The molecule has 0 spiro atoms. The van der Waals surface area contributed by atoms with Crippen LogP contribution in [0.3, 0.4) is 0 Å². The zero-order chi connectivity index (χ0) is 13.2. The Labute approximate surface area is 111 Å². The Morgan fingerprint density at radius 2 is 2.00 bits per heavy atom. The molecule has 0 unspecified atom stereocenters. The Morgan fingerprint density at radius 1 is 1.28 bits per heavy atom. The number of hydrogen-bond acceptors (Lipinski definition) is 3. The van der Waals surface area contributed by atoms with E-state index in [4.69, 9.17) is 5.84 Å². The maximum atomic E-state index is 5.50. The summed E-state index contributed by atoms with van der Waals surface area (Å²) in [5.41, 5.74) is 2.67. The number of hydrogen-bond donors (Lipinski definition) is 3. The van der Waals surface area contributed by atoms with E-state index >= 15 is 0 Å². The summed E-state index contributed by atoms with van der Waals surface area (Å²) < 4.78 is 0. The van der Waals surface area contributed by atoms with Gasteiger partial charge in [0, 0.05) is 12.6 Å². The molecular formula is C13H29N5. The van der Waals surface area contributed by atoms with E-state index in [-0.39, 0.29) is 0 Å². The van der Waals surface area contributed by atoms with Crippen molar-refractivity contribution in [3.63, 3.8) is 0 Å². The molecular weight excluding hydrogens is 226 g/mol. The standard InChI is InChI=1S/C13H29N5/c1-3-10-18(4-2)11-9-15-13(17-14)16-12-7-5-6-8-12/h12H,3-11,14H2,1-2H3,(H2,15,16,17). The van der Waals surface area contributed by atoms with Crippen LogP contribution >= 0.6 is 0 Å². The minimum absolute atomic E-state index is 0.553. The zero-order valence-electron chi connectivity index (χ0n) is 11.9. The highest BCUT2D eigenvalue weighted by Crippen LogP contribution is 2.17. The molecule has 4 N–H and O–H groups in total. The van der Waals surface area contributed by atoms with Crippen molar-refractivity contribution in [3.8, 4) is 0 Å². The molecule has 0 radical (unpaired) electrons. The number of rotatable bonds is 7. The molecule has 0 aromatic rings. The summed E-state index contributed by atoms with van der Waals surface area (Å²) in [5.74, 6) is 6.25. The first-order valence-corrected chi connectivity index (χ1v) is 7.30.